The van der Waals surface area contributed by atoms with Crippen molar-refractivity contribution >= 4 is 17.7 Å². The number of nitrogens with zero attached hydrogens (tertiary/aromatic N) is 3. The molecule has 1 aromatic heterocycles. The number of rotatable bonds is 4. The van der Waals surface area contributed by atoms with Gasteiger partial charge in [-0.1, -0.05) is 12.8 Å². The molecule has 2 fully saturated rings. The molecule has 1 atom stereocenters. The van der Waals surface area contributed by atoms with Gasteiger partial charge in [-0.05, 0) is 39.0 Å². The topological polar surface area (TPSA) is 50.2 Å². The van der Waals surface area contributed by atoms with Crippen molar-refractivity contribution in [1.29, 1.82) is 0 Å². The fraction of sp³-hybridized carbons (Fsp3) is 0.789. The normalized spacial score (nSPS) is 24.5. The maximum Gasteiger partial charge on any atom is 0.274 e. The lowest BCUT2D eigenvalue weighted by molar-refractivity contribution is 0.0764. The molecule has 138 valence electrons. The van der Waals surface area contributed by atoms with E-state index in [2.05, 4.69) is 16.9 Å². The van der Waals surface area contributed by atoms with Gasteiger partial charge in [0.2, 0.25) is 0 Å². The lowest BCUT2D eigenvalue weighted by Crippen LogP contribution is -2.41. The van der Waals surface area contributed by atoms with Crippen LogP contribution < -0.4 is 5.32 Å². The molecule has 1 saturated heterocycles. The minimum Gasteiger partial charge on any atom is -0.336 e. The molecule has 0 bridgehead atoms. The second-order valence-corrected chi connectivity index (χ2v) is 8.81. The Morgan fingerprint density at radius 1 is 1.20 bits per heavy atom. The first kappa shape index (κ1) is 17.4. The molecule has 4 rings (SSSR count). The van der Waals surface area contributed by atoms with Gasteiger partial charge in [0.1, 0.15) is 0 Å². The van der Waals surface area contributed by atoms with Crippen LogP contribution in [-0.4, -0.2) is 57.3 Å². The SMILES string of the molecule is CCn1nc(C(=O)N2CCSCC2)c2c1CCC(NC1CCCC1)C2. The number of fused-ring (bicyclic) bond motifs is 1. The summed E-state index contributed by atoms with van der Waals surface area (Å²) < 4.78 is 2.08. The van der Waals surface area contributed by atoms with E-state index in [-0.39, 0.29) is 5.91 Å². The third kappa shape index (κ3) is 3.61. The van der Waals surface area contributed by atoms with E-state index in [1.807, 2.05) is 16.7 Å². The van der Waals surface area contributed by atoms with Gasteiger partial charge in [-0.2, -0.15) is 16.9 Å². The summed E-state index contributed by atoms with van der Waals surface area (Å²) in [4.78, 5) is 15.1. The Bertz CT molecular complexity index is 617. The number of amides is 1. The number of aromatic nitrogens is 2. The Morgan fingerprint density at radius 3 is 2.68 bits per heavy atom. The Hall–Kier alpha value is -1.01. The summed E-state index contributed by atoms with van der Waals surface area (Å²) in [5.41, 5.74) is 3.27. The summed E-state index contributed by atoms with van der Waals surface area (Å²) in [6.45, 7) is 4.70. The highest BCUT2D eigenvalue weighted by atomic mass is 32.2. The van der Waals surface area contributed by atoms with E-state index in [4.69, 9.17) is 5.10 Å². The molecule has 0 aromatic carbocycles. The highest BCUT2D eigenvalue weighted by molar-refractivity contribution is 7.99. The van der Waals surface area contributed by atoms with Gasteiger partial charge in [0.15, 0.2) is 5.69 Å². The van der Waals surface area contributed by atoms with Gasteiger partial charge in [0.25, 0.3) is 5.91 Å². The van der Waals surface area contributed by atoms with Crippen LogP contribution in [0.3, 0.4) is 0 Å². The summed E-state index contributed by atoms with van der Waals surface area (Å²) in [6, 6.07) is 1.19. The molecule has 0 spiro atoms. The molecule has 0 radical (unpaired) electrons. The van der Waals surface area contributed by atoms with Crippen molar-refractivity contribution in [3.8, 4) is 0 Å². The lowest BCUT2D eigenvalue weighted by atomic mass is 9.90. The van der Waals surface area contributed by atoms with Crippen molar-refractivity contribution < 1.29 is 4.79 Å². The molecule has 3 aliphatic rings. The van der Waals surface area contributed by atoms with E-state index in [0.717, 1.165) is 49.7 Å². The Balaban J connectivity index is 1.54. The van der Waals surface area contributed by atoms with E-state index in [9.17, 15) is 4.79 Å². The van der Waals surface area contributed by atoms with E-state index in [1.54, 1.807) is 0 Å². The lowest BCUT2D eigenvalue weighted by Gasteiger charge is -2.29. The van der Waals surface area contributed by atoms with Gasteiger partial charge in [-0.3, -0.25) is 9.48 Å². The van der Waals surface area contributed by atoms with Crippen LogP contribution >= 0.6 is 11.8 Å². The van der Waals surface area contributed by atoms with Crippen LogP contribution in [0.5, 0.6) is 0 Å². The smallest absolute Gasteiger partial charge is 0.274 e. The fourth-order valence-electron chi connectivity index (χ4n) is 4.61. The van der Waals surface area contributed by atoms with Crippen molar-refractivity contribution in [2.24, 2.45) is 0 Å². The summed E-state index contributed by atoms with van der Waals surface area (Å²) >= 11 is 1.94. The number of nitrogens with one attached hydrogen (secondary N) is 1. The third-order valence-electron chi connectivity index (χ3n) is 5.97. The van der Waals surface area contributed by atoms with Gasteiger partial charge in [0.05, 0.1) is 0 Å². The molecule has 1 amide bonds. The molecule has 5 nitrogen and oxygen atoms in total. The standard InChI is InChI=1S/C19H30N4OS/c1-2-23-17-8-7-15(20-14-5-3-4-6-14)13-16(17)18(21-23)19(24)22-9-11-25-12-10-22/h14-15,20H,2-13H2,1H3. The first-order chi connectivity index (χ1) is 12.3. The summed E-state index contributed by atoms with van der Waals surface area (Å²) in [5, 5.41) is 8.61. The zero-order valence-corrected chi connectivity index (χ0v) is 16.1. The molecule has 1 N–H and O–H groups in total. The quantitative estimate of drug-likeness (QED) is 0.894. The van der Waals surface area contributed by atoms with Crippen LogP contribution in [0.4, 0.5) is 0 Å². The first-order valence-corrected chi connectivity index (χ1v) is 11.1. The maximum atomic E-state index is 13.1. The summed E-state index contributed by atoms with van der Waals surface area (Å²) in [7, 11) is 0. The minimum atomic E-state index is 0.158. The first-order valence-electron chi connectivity index (χ1n) is 9.98. The number of carbonyl (C=O) groups is 1. The third-order valence-corrected chi connectivity index (χ3v) is 6.92. The molecule has 1 unspecified atom stereocenters. The van der Waals surface area contributed by atoms with Gasteiger partial charge in [0, 0.05) is 54.5 Å². The molecule has 2 aliphatic carbocycles. The predicted molar refractivity (Wildman–Crippen MR) is 102 cm³/mol. The van der Waals surface area contributed by atoms with Gasteiger partial charge >= 0.3 is 0 Å². The largest absolute Gasteiger partial charge is 0.336 e. The Morgan fingerprint density at radius 2 is 1.96 bits per heavy atom. The van der Waals surface area contributed by atoms with Crippen LogP contribution in [-0.2, 0) is 19.4 Å². The molecule has 2 heterocycles. The zero-order valence-electron chi connectivity index (χ0n) is 15.3. The molecule has 1 aliphatic heterocycles. The Kier molecular flexibility index (Phi) is 5.36. The van der Waals surface area contributed by atoms with Crippen molar-refractivity contribution in [2.75, 3.05) is 24.6 Å². The number of hydrogen-bond acceptors (Lipinski definition) is 4. The molecule has 25 heavy (non-hydrogen) atoms. The average Bonchev–Trinajstić information content (AvgIpc) is 3.29. The molecular weight excluding hydrogens is 332 g/mol. The number of carbonyl (C=O) groups excluding carboxylic acids is 1. The van der Waals surface area contributed by atoms with E-state index in [1.165, 1.54) is 43.4 Å². The number of thioether (sulfide) groups is 1. The van der Waals surface area contributed by atoms with Crippen LogP contribution in [0, 0.1) is 0 Å². The van der Waals surface area contributed by atoms with Crippen molar-refractivity contribution in [3.05, 3.63) is 17.0 Å². The molecule has 1 saturated carbocycles. The van der Waals surface area contributed by atoms with Gasteiger partial charge < -0.3 is 10.2 Å². The highest BCUT2D eigenvalue weighted by Crippen LogP contribution is 2.28. The minimum absolute atomic E-state index is 0.158. The van der Waals surface area contributed by atoms with E-state index >= 15 is 0 Å². The van der Waals surface area contributed by atoms with Gasteiger partial charge in [-0.25, -0.2) is 0 Å². The van der Waals surface area contributed by atoms with Crippen LogP contribution in [0.15, 0.2) is 0 Å². The average molecular weight is 363 g/mol. The van der Waals surface area contributed by atoms with Crippen LogP contribution in [0.25, 0.3) is 0 Å². The second-order valence-electron chi connectivity index (χ2n) is 7.58. The second kappa shape index (κ2) is 7.70. The van der Waals surface area contributed by atoms with Crippen molar-refractivity contribution in [1.82, 2.24) is 20.0 Å². The predicted octanol–water partition coefficient (Wildman–Crippen LogP) is 2.48. The molecule has 6 heteroatoms. The van der Waals surface area contributed by atoms with Crippen molar-refractivity contribution in [2.45, 2.75) is 70.5 Å². The van der Waals surface area contributed by atoms with Gasteiger partial charge in [-0.15, -0.1) is 0 Å². The zero-order chi connectivity index (χ0) is 17.2. The van der Waals surface area contributed by atoms with Crippen LogP contribution in [0.1, 0.15) is 60.8 Å². The summed E-state index contributed by atoms with van der Waals surface area (Å²) in [6.07, 6.45) is 8.53. The summed E-state index contributed by atoms with van der Waals surface area (Å²) in [5.74, 6) is 2.26. The molecular formula is C19H30N4OS. The van der Waals surface area contributed by atoms with E-state index in [0.29, 0.717) is 12.1 Å². The maximum absolute atomic E-state index is 13.1. The highest BCUT2D eigenvalue weighted by Gasteiger charge is 2.32. The fourth-order valence-corrected chi connectivity index (χ4v) is 5.51. The monoisotopic (exact) mass is 362 g/mol. The van der Waals surface area contributed by atoms with Crippen molar-refractivity contribution in [3.63, 3.8) is 0 Å². The number of hydrogen-bond donors (Lipinski definition) is 1. The van der Waals surface area contributed by atoms with Crippen LogP contribution in [0.2, 0.25) is 0 Å². The van der Waals surface area contributed by atoms with E-state index < -0.39 is 0 Å². The Labute approximate surface area is 154 Å². The molecule has 1 aromatic rings. The number of aryl methyl sites for hydroxylation is 1.